The van der Waals surface area contributed by atoms with Crippen LogP contribution in [0, 0.1) is 13.8 Å². The van der Waals surface area contributed by atoms with Gasteiger partial charge in [-0.05, 0) is 42.7 Å². The van der Waals surface area contributed by atoms with E-state index in [1.54, 1.807) is 24.3 Å². The van der Waals surface area contributed by atoms with Gasteiger partial charge in [-0.3, -0.25) is 0 Å². The fourth-order valence-electron chi connectivity index (χ4n) is 2.11. The molecular formula is C17H17ClO3. The molecule has 4 heteroatoms. The zero-order valence-corrected chi connectivity index (χ0v) is 12.7. The van der Waals surface area contributed by atoms with Gasteiger partial charge in [-0.1, -0.05) is 41.9 Å². The monoisotopic (exact) mass is 304 g/mol. The molecule has 0 heterocycles. The van der Waals surface area contributed by atoms with Gasteiger partial charge in [0.15, 0.2) is 6.10 Å². The Hall–Kier alpha value is -2.00. The molecular weight excluding hydrogens is 288 g/mol. The average molecular weight is 305 g/mol. The van der Waals surface area contributed by atoms with Crippen molar-refractivity contribution in [3.63, 3.8) is 0 Å². The Balaban J connectivity index is 2.22. The Bertz CT molecular complexity index is 652. The molecule has 0 aromatic heterocycles. The zero-order valence-electron chi connectivity index (χ0n) is 12.0. The van der Waals surface area contributed by atoms with Crippen LogP contribution in [0.4, 0.5) is 0 Å². The number of carboxylic acids is 1. The lowest BCUT2D eigenvalue weighted by molar-refractivity contribution is -0.145. The van der Waals surface area contributed by atoms with E-state index in [9.17, 15) is 9.90 Å². The van der Waals surface area contributed by atoms with Crippen molar-refractivity contribution in [1.82, 2.24) is 0 Å². The summed E-state index contributed by atoms with van der Waals surface area (Å²) in [5, 5.41) is 9.79. The Morgan fingerprint density at radius 2 is 1.90 bits per heavy atom. The fraction of sp³-hybridized carbons (Fsp3) is 0.235. The Kier molecular flexibility index (Phi) is 4.86. The van der Waals surface area contributed by atoms with Gasteiger partial charge in [-0.15, -0.1) is 0 Å². The van der Waals surface area contributed by atoms with Crippen molar-refractivity contribution in [2.24, 2.45) is 0 Å². The first-order valence-corrected chi connectivity index (χ1v) is 7.06. The van der Waals surface area contributed by atoms with E-state index in [0.717, 1.165) is 16.7 Å². The molecule has 2 aromatic rings. The molecule has 0 aliphatic heterocycles. The largest absolute Gasteiger partial charge is 0.478 e. The molecule has 1 unspecified atom stereocenters. The molecule has 0 bridgehead atoms. The first-order chi connectivity index (χ1) is 9.99. The van der Waals surface area contributed by atoms with Crippen molar-refractivity contribution in [3.05, 3.63) is 64.2 Å². The van der Waals surface area contributed by atoms with Crippen LogP contribution < -0.4 is 4.74 Å². The van der Waals surface area contributed by atoms with Crippen LogP contribution in [0.15, 0.2) is 42.5 Å². The van der Waals surface area contributed by atoms with Crippen molar-refractivity contribution < 1.29 is 14.6 Å². The van der Waals surface area contributed by atoms with Crippen molar-refractivity contribution in [2.75, 3.05) is 0 Å². The predicted octanol–water partition coefficient (Wildman–Crippen LogP) is 4.03. The standard InChI is InChI=1S/C17H17ClO3/c1-11-6-5-7-13(12(11)2)10-16(17(19)20)21-15-9-4-3-8-14(15)18/h3-9,16H,10H2,1-2H3,(H,19,20). The topological polar surface area (TPSA) is 46.5 Å². The van der Waals surface area contributed by atoms with Crippen molar-refractivity contribution >= 4 is 17.6 Å². The van der Waals surface area contributed by atoms with Crippen LogP contribution in [0.5, 0.6) is 5.75 Å². The maximum absolute atomic E-state index is 11.4. The van der Waals surface area contributed by atoms with Crippen molar-refractivity contribution in [3.8, 4) is 5.75 Å². The summed E-state index contributed by atoms with van der Waals surface area (Å²) in [6.45, 7) is 3.99. The lowest BCUT2D eigenvalue weighted by Crippen LogP contribution is -2.29. The second kappa shape index (κ2) is 6.64. The predicted molar refractivity (Wildman–Crippen MR) is 83.1 cm³/mol. The third-order valence-electron chi connectivity index (χ3n) is 3.50. The molecule has 0 aliphatic carbocycles. The van der Waals surface area contributed by atoms with Gasteiger partial charge >= 0.3 is 5.97 Å². The highest BCUT2D eigenvalue weighted by Crippen LogP contribution is 2.25. The fourth-order valence-corrected chi connectivity index (χ4v) is 2.29. The highest BCUT2D eigenvalue weighted by molar-refractivity contribution is 6.32. The van der Waals surface area contributed by atoms with Gasteiger partial charge in [0.2, 0.25) is 0 Å². The van der Waals surface area contributed by atoms with E-state index >= 15 is 0 Å². The molecule has 0 amide bonds. The number of hydrogen-bond acceptors (Lipinski definition) is 2. The molecule has 1 atom stereocenters. The van der Waals surface area contributed by atoms with Crippen LogP contribution in [0.25, 0.3) is 0 Å². The Morgan fingerprint density at radius 3 is 2.57 bits per heavy atom. The van der Waals surface area contributed by atoms with Crippen molar-refractivity contribution in [2.45, 2.75) is 26.4 Å². The van der Waals surface area contributed by atoms with E-state index in [4.69, 9.17) is 16.3 Å². The lowest BCUT2D eigenvalue weighted by atomic mass is 9.98. The van der Waals surface area contributed by atoms with Gasteiger partial charge in [0, 0.05) is 6.42 Å². The SMILES string of the molecule is Cc1cccc(CC(Oc2ccccc2Cl)C(=O)O)c1C. The molecule has 0 fully saturated rings. The first-order valence-electron chi connectivity index (χ1n) is 6.68. The summed E-state index contributed by atoms with van der Waals surface area (Å²) in [6, 6.07) is 12.7. The number of carboxylic acid groups (broad SMARTS) is 1. The van der Waals surface area contributed by atoms with Gasteiger partial charge in [0.1, 0.15) is 5.75 Å². The average Bonchev–Trinajstić information content (AvgIpc) is 2.45. The summed E-state index contributed by atoms with van der Waals surface area (Å²) in [6.07, 6.45) is -0.668. The third-order valence-corrected chi connectivity index (χ3v) is 3.82. The van der Waals surface area contributed by atoms with E-state index in [1.807, 2.05) is 32.0 Å². The summed E-state index contributed by atoms with van der Waals surface area (Å²) >= 11 is 6.01. The van der Waals surface area contributed by atoms with Crippen LogP contribution in [0.1, 0.15) is 16.7 Å². The van der Waals surface area contributed by atoms with Gasteiger partial charge in [-0.2, -0.15) is 0 Å². The van der Waals surface area contributed by atoms with E-state index < -0.39 is 12.1 Å². The van der Waals surface area contributed by atoms with E-state index in [-0.39, 0.29) is 0 Å². The molecule has 0 saturated carbocycles. The second-order valence-electron chi connectivity index (χ2n) is 4.94. The molecule has 1 N–H and O–H groups in total. The number of aryl methyl sites for hydroxylation is 1. The smallest absolute Gasteiger partial charge is 0.345 e. The van der Waals surface area contributed by atoms with E-state index in [2.05, 4.69) is 0 Å². The molecule has 2 rings (SSSR count). The van der Waals surface area contributed by atoms with Gasteiger partial charge in [0.25, 0.3) is 0 Å². The second-order valence-corrected chi connectivity index (χ2v) is 5.35. The summed E-state index contributed by atoms with van der Waals surface area (Å²) in [7, 11) is 0. The van der Waals surface area contributed by atoms with Gasteiger partial charge in [0.05, 0.1) is 5.02 Å². The third kappa shape index (κ3) is 3.76. The molecule has 0 radical (unpaired) electrons. The zero-order chi connectivity index (χ0) is 15.4. The van der Waals surface area contributed by atoms with Crippen LogP contribution in [0.3, 0.4) is 0 Å². The molecule has 110 valence electrons. The highest BCUT2D eigenvalue weighted by Gasteiger charge is 2.22. The molecule has 0 saturated heterocycles. The first kappa shape index (κ1) is 15.4. The molecule has 0 spiro atoms. The highest BCUT2D eigenvalue weighted by atomic mass is 35.5. The van der Waals surface area contributed by atoms with Gasteiger partial charge in [-0.25, -0.2) is 4.79 Å². The lowest BCUT2D eigenvalue weighted by Gasteiger charge is -2.17. The normalized spacial score (nSPS) is 12.0. The summed E-state index contributed by atoms with van der Waals surface area (Å²) < 4.78 is 5.57. The number of aliphatic carboxylic acids is 1. The molecule has 3 nitrogen and oxygen atoms in total. The minimum Gasteiger partial charge on any atom is -0.478 e. The Morgan fingerprint density at radius 1 is 1.19 bits per heavy atom. The number of rotatable bonds is 5. The number of para-hydroxylation sites is 1. The van der Waals surface area contributed by atoms with Gasteiger partial charge < -0.3 is 9.84 Å². The quantitative estimate of drug-likeness (QED) is 0.907. The Labute approximate surface area is 129 Å². The minimum atomic E-state index is -1.00. The van der Waals surface area contributed by atoms with Crippen LogP contribution in [-0.2, 0) is 11.2 Å². The van der Waals surface area contributed by atoms with Crippen LogP contribution >= 0.6 is 11.6 Å². The number of ether oxygens (including phenoxy) is 1. The summed E-state index contributed by atoms with van der Waals surface area (Å²) in [4.78, 5) is 11.4. The number of benzene rings is 2. The molecule has 0 aliphatic rings. The van der Waals surface area contributed by atoms with E-state index in [1.165, 1.54) is 0 Å². The summed E-state index contributed by atoms with van der Waals surface area (Å²) in [5.74, 6) is -0.618. The maximum Gasteiger partial charge on any atom is 0.345 e. The van der Waals surface area contributed by atoms with Crippen molar-refractivity contribution in [1.29, 1.82) is 0 Å². The van der Waals surface area contributed by atoms with E-state index in [0.29, 0.717) is 17.2 Å². The minimum absolute atomic E-state index is 0.300. The van der Waals surface area contributed by atoms with Crippen LogP contribution in [0.2, 0.25) is 5.02 Å². The number of carbonyl (C=O) groups is 1. The molecule has 21 heavy (non-hydrogen) atoms. The number of halogens is 1. The maximum atomic E-state index is 11.4. The summed E-state index contributed by atoms with van der Waals surface area (Å²) in [5.41, 5.74) is 3.19. The van der Waals surface area contributed by atoms with Crippen LogP contribution in [-0.4, -0.2) is 17.2 Å². The number of hydrogen-bond donors (Lipinski definition) is 1. The molecule has 2 aromatic carbocycles.